The molecule has 5 heteroatoms. The van der Waals surface area contributed by atoms with Crippen LogP contribution in [0.4, 0.5) is 5.82 Å². The Kier molecular flexibility index (Phi) is 3.46. The molecule has 0 aromatic carbocycles. The molecule has 1 aromatic heterocycles. The molecule has 136 valence electrons. The lowest BCUT2D eigenvalue weighted by atomic mass is 9.46. The Morgan fingerprint density at radius 1 is 1.20 bits per heavy atom. The van der Waals surface area contributed by atoms with Crippen molar-refractivity contribution in [3.8, 4) is 0 Å². The monoisotopic (exact) mass is 342 g/mol. The maximum absolute atomic E-state index is 11.1. The summed E-state index contributed by atoms with van der Waals surface area (Å²) in [5.41, 5.74) is 2.28. The Balaban J connectivity index is 1.44. The molecule has 5 nitrogen and oxygen atoms in total. The van der Waals surface area contributed by atoms with Gasteiger partial charge < -0.3 is 15.7 Å². The molecule has 4 fully saturated rings. The van der Waals surface area contributed by atoms with Crippen LogP contribution in [-0.2, 0) is 13.0 Å². The van der Waals surface area contributed by atoms with E-state index in [2.05, 4.69) is 22.5 Å². The number of rotatable bonds is 3. The molecule has 4 saturated carbocycles. The molecule has 0 unspecified atom stereocenters. The van der Waals surface area contributed by atoms with Crippen LogP contribution in [0.3, 0.4) is 0 Å². The summed E-state index contributed by atoms with van der Waals surface area (Å²) in [4.78, 5) is 9.39. The number of fused-ring (bicyclic) bond motifs is 1. The minimum absolute atomic E-state index is 0.234. The van der Waals surface area contributed by atoms with Gasteiger partial charge in [-0.2, -0.15) is 0 Å². The summed E-state index contributed by atoms with van der Waals surface area (Å²) in [6.45, 7) is 6.15. The Bertz CT molecular complexity index is 689. The molecule has 0 spiro atoms. The summed E-state index contributed by atoms with van der Waals surface area (Å²) in [6.07, 6.45) is 7.91. The fourth-order valence-electron chi connectivity index (χ4n) is 6.75. The predicted octanol–water partition coefficient (Wildman–Crippen LogP) is 2.56. The van der Waals surface area contributed by atoms with E-state index in [1.54, 1.807) is 0 Å². The van der Waals surface area contributed by atoms with E-state index in [0.717, 1.165) is 67.9 Å². The lowest BCUT2D eigenvalue weighted by Crippen LogP contribution is -2.60. The smallest absolute Gasteiger partial charge is 0.133 e. The number of hydrogen-bond acceptors (Lipinski definition) is 5. The molecule has 0 radical (unpaired) electrons. The lowest BCUT2D eigenvalue weighted by Gasteiger charge is -2.62. The van der Waals surface area contributed by atoms with Gasteiger partial charge in [-0.15, -0.1) is 0 Å². The van der Waals surface area contributed by atoms with Crippen molar-refractivity contribution in [3.63, 3.8) is 0 Å². The highest BCUT2D eigenvalue weighted by Crippen LogP contribution is 2.63. The molecule has 1 aromatic rings. The highest BCUT2D eigenvalue weighted by atomic mass is 16.3. The number of nitrogens with zero attached hydrogens (tertiary/aromatic N) is 2. The minimum Gasteiger partial charge on any atom is -0.390 e. The topological polar surface area (TPSA) is 70.1 Å². The van der Waals surface area contributed by atoms with Gasteiger partial charge in [-0.25, -0.2) is 9.97 Å². The summed E-state index contributed by atoms with van der Waals surface area (Å²) >= 11 is 0. The van der Waals surface area contributed by atoms with E-state index >= 15 is 0 Å². The fourth-order valence-corrected chi connectivity index (χ4v) is 6.75. The summed E-state index contributed by atoms with van der Waals surface area (Å²) in [5, 5.41) is 18.3. The van der Waals surface area contributed by atoms with Gasteiger partial charge in [-0.1, -0.05) is 0 Å². The van der Waals surface area contributed by atoms with Crippen molar-refractivity contribution in [1.82, 2.24) is 15.3 Å². The van der Waals surface area contributed by atoms with Crippen LogP contribution in [0.25, 0.3) is 0 Å². The zero-order valence-electron chi connectivity index (χ0n) is 15.4. The molecular weight excluding hydrogens is 312 g/mol. The van der Waals surface area contributed by atoms with Crippen LogP contribution in [0.2, 0.25) is 0 Å². The molecule has 4 bridgehead atoms. The predicted molar refractivity (Wildman–Crippen MR) is 97.3 cm³/mol. The Morgan fingerprint density at radius 3 is 2.68 bits per heavy atom. The van der Waals surface area contributed by atoms with E-state index in [-0.39, 0.29) is 5.41 Å². The van der Waals surface area contributed by atoms with E-state index in [4.69, 9.17) is 4.98 Å². The van der Waals surface area contributed by atoms with Crippen LogP contribution in [0.1, 0.15) is 62.5 Å². The van der Waals surface area contributed by atoms with Gasteiger partial charge in [0, 0.05) is 18.2 Å². The maximum Gasteiger partial charge on any atom is 0.133 e. The van der Waals surface area contributed by atoms with Crippen molar-refractivity contribution in [3.05, 3.63) is 17.1 Å². The average molecular weight is 342 g/mol. The van der Waals surface area contributed by atoms with Crippen molar-refractivity contribution in [1.29, 1.82) is 0 Å². The SMILES string of the molecule is Cc1nc2c(c(N[C@@H](C)C34C[C@H]5C[C@@H](CC(O)(C5)C3)C4)n1)CCNC2. The summed E-state index contributed by atoms with van der Waals surface area (Å²) in [7, 11) is 0. The second kappa shape index (κ2) is 5.40. The van der Waals surface area contributed by atoms with Gasteiger partial charge in [0.15, 0.2) is 0 Å². The third-order valence-corrected chi connectivity index (χ3v) is 7.40. The molecule has 3 atom stereocenters. The number of hydrogen-bond donors (Lipinski definition) is 3. The first-order valence-electron chi connectivity index (χ1n) is 10.0. The van der Waals surface area contributed by atoms with Crippen molar-refractivity contribution in [2.24, 2.45) is 17.3 Å². The molecule has 5 aliphatic rings. The summed E-state index contributed by atoms with van der Waals surface area (Å²) < 4.78 is 0. The molecule has 25 heavy (non-hydrogen) atoms. The van der Waals surface area contributed by atoms with Gasteiger partial charge in [0.05, 0.1) is 11.3 Å². The zero-order chi connectivity index (χ0) is 17.2. The van der Waals surface area contributed by atoms with Crippen LogP contribution in [0, 0.1) is 24.2 Å². The molecule has 6 rings (SSSR count). The van der Waals surface area contributed by atoms with E-state index in [0.29, 0.717) is 6.04 Å². The van der Waals surface area contributed by atoms with Crippen molar-refractivity contribution >= 4 is 5.82 Å². The Hall–Kier alpha value is -1.20. The van der Waals surface area contributed by atoms with Gasteiger partial charge in [-0.05, 0) is 82.6 Å². The molecule has 0 saturated heterocycles. The van der Waals surface area contributed by atoms with E-state index in [1.165, 1.54) is 24.8 Å². The van der Waals surface area contributed by atoms with Gasteiger partial charge in [0.1, 0.15) is 11.6 Å². The van der Waals surface area contributed by atoms with E-state index in [1.807, 2.05) is 6.92 Å². The highest BCUT2D eigenvalue weighted by Gasteiger charge is 2.58. The number of anilines is 1. The molecule has 0 amide bonds. The van der Waals surface area contributed by atoms with Gasteiger partial charge in [-0.3, -0.25) is 0 Å². The number of nitrogens with one attached hydrogen (secondary N) is 2. The quantitative estimate of drug-likeness (QED) is 0.787. The Morgan fingerprint density at radius 2 is 1.96 bits per heavy atom. The first-order valence-corrected chi connectivity index (χ1v) is 10.0. The van der Waals surface area contributed by atoms with Gasteiger partial charge in [0.25, 0.3) is 0 Å². The number of aromatic nitrogens is 2. The standard InChI is InChI=1S/C20H30N4O/c1-12(19-6-14-5-15(7-19)9-20(25,8-14)11-19)22-18-16-3-4-21-10-17(16)23-13(2)24-18/h12,14-15,21,25H,3-11H2,1-2H3,(H,22,23,24)/t12-,14+,15+,19?,20?/m0/s1. The van der Waals surface area contributed by atoms with E-state index < -0.39 is 5.60 Å². The molecule has 2 heterocycles. The van der Waals surface area contributed by atoms with E-state index in [9.17, 15) is 5.11 Å². The fraction of sp³-hybridized carbons (Fsp3) is 0.800. The Labute approximate surface area is 150 Å². The highest BCUT2D eigenvalue weighted by molar-refractivity contribution is 5.49. The largest absolute Gasteiger partial charge is 0.390 e. The van der Waals surface area contributed by atoms with Crippen molar-refractivity contribution in [2.75, 3.05) is 11.9 Å². The van der Waals surface area contributed by atoms with Gasteiger partial charge in [0.2, 0.25) is 0 Å². The minimum atomic E-state index is -0.398. The third-order valence-electron chi connectivity index (χ3n) is 7.40. The van der Waals surface area contributed by atoms with Gasteiger partial charge >= 0.3 is 0 Å². The van der Waals surface area contributed by atoms with Crippen LogP contribution < -0.4 is 10.6 Å². The summed E-state index contributed by atoms with van der Waals surface area (Å²) in [6, 6.07) is 0.346. The van der Waals surface area contributed by atoms with Crippen LogP contribution >= 0.6 is 0 Å². The average Bonchev–Trinajstić information content (AvgIpc) is 2.52. The van der Waals surface area contributed by atoms with Crippen LogP contribution in [-0.4, -0.2) is 33.3 Å². The first kappa shape index (κ1) is 16.0. The molecule has 4 aliphatic carbocycles. The second-order valence-electron chi connectivity index (χ2n) is 9.39. The maximum atomic E-state index is 11.1. The number of aryl methyl sites for hydroxylation is 1. The van der Waals surface area contributed by atoms with Crippen molar-refractivity contribution in [2.45, 2.75) is 77.0 Å². The lowest BCUT2D eigenvalue weighted by molar-refractivity contribution is -0.167. The van der Waals surface area contributed by atoms with Crippen molar-refractivity contribution < 1.29 is 5.11 Å². The zero-order valence-corrected chi connectivity index (χ0v) is 15.4. The first-order chi connectivity index (χ1) is 11.9. The second-order valence-corrected chi connectivity index (χ2v) is 9.39. The molecule has 3 N–H and O–H groups in total. The summed E-state index contributed by atoms with van der Waals surface area (Å²) in [5.74, 6) is 3.34. The third kappa shape index (κ3) is 2.58. The molecule has 1 aliphatic heterocycles. The normalized spacial score (nSPS) is 40.0. The molecular formula is C20H30N4O. The van der Waals surface area contributed by atoms with Crippen LogP contribution in [0.5, 0.6) is 0 Å². The van der Waals surface area contributed by atoms with Crippen LogP contribution in [0.15, 0.2) is 0 Å². The number of aliphatic hydroxyl groups is 1.